The van der Waals surface area contributed by atoms with E-state index in [0.29, 0.717) is 12.0 Å². The molecule has 0 radical (unpaired) electrons. The van der Waals surface area contributed by atoms with Crippen molar-refractivity contribution < 1.29 is 0 Å². The summed E-state index contributed by atoms with van der Waals surface area (Å²) in [5, 5.41) is 3.78. The van der Waals surface area contributed by atoms with Gasteiger partial charge in [-0.15, -0.1) is 0 Å². The van der Waals surface area contributed by atoms with Crippen LogP contribution in [0.5, 0.6) is 0 Å². The van der Waals surface area contributed by atoms with Gasteiger partial charge in [-0.05, 0) is 54.9 Å². The number of aryl methyl sites for hydroxylation is 1. The Bertz CT molecular complexity index is 487. The second-order valence-electron chi connectivity index (χ2n) is 6.01. The topological polar surface area (TPSA) is 12.0 Å². The Morgan fingerprint density at radius 3 is 2.76 bits per heavy atom. The van der Waals surface area contributed by atoms with Crippen LogP contribution in [-0.2, 0) is 6.42 Å². The van der Waals surface area contributed by atoms with E-state index in [1.165, 1.54) is 42.5 Å². The van der Waals surface area contributed by atoms with Crippen molar-refractivity contribution in [3.05, 3.63) is 48.1 Å². The summed E-state index contributed by atoms with van der Waals surface area (Å²) in [4.78, 5) is 0. The van der Waals surface area contributed by atoms with Crippen molar-refractivity contribution in [2.45, 2.75) is 58.4 Å². The molecule has 0 heterocycles. The quantitative estimate of drug-likeness (QED) is 0.648. The van der Waals surface area contributed by atoms with Gasteiger partial charge in [-0.1, -0.05) is 57.6 Å². The summed E-state index contributed by atoms with van der Waals surface area (Å²) in [5.74, 6) is 0.683. The average Bonchev–Trinajstić information content (AvgIpc) is 2.54. The first-order valence-electron chi connectivity index (χ1n) is 8.47. The molecule has 1 fully saturated rings. The highest BCUT2D eigenvalue weighted by Crippen LogP contribution is 2.29. The number of nitrogens with one attached hydrogen (secondary N) is 1. The Morgan fingerprint density at radius 2 is 2.05 bits per heavy atom. The van der Waals surface area contributed by atoms with E-state index in [9.17, 15) is 0 Å². The lowest BCUT2D eigenvalue weighted by molar-refractivity contribution is 0.381. The molecule has 21 heavy (non-hydrogen) atoms. The van der Waals surface area contributed by atoms with Crippen molar-refractivity contribution in [2.24, 2.45) is 5.92 Å². The zero-order valence-electron chi connectivity index (χ0n) is 13.6. The molecule has 0 aliphatic heterocycles. The minimum absolute atomic E-state index is 0.584. The molecule has 2 atom stereocenters. The first-order chi connectivity index (χ1) is 10.3. The highest BCUT2D eigenvalue weighted by atomic mass is 14.9. The third kappa shape index (κ3) is 4.23. The van der Waals surface area contributed by atoms with Crippen LogP contribution in [0.15, 0.2) is 36.9 Å². The van der Waals surface area contributed by atoms with E-state index in [4.69, 9.17) is 0 Å². The van der Waals surface area contributed by atoms with Crippen molar-refractivity contribution in [1.29, 1.82) is 0 Å². The second kappa shape index (κ2) is 8.07. The van der Waals surface area contributed by atoms with Crippen LogP contribution in [0.3, 0.4) is 0 Å². The fraction of sp³-hybridized carbons (Fsp3) is 0.500. The molecule has 1 aliphatic rings. The largest absolute Gasteiger partial charge is 0.382 e. The number of rotatable bonds is 6. The van der Waals surface area contributed by atoms with E-state index in [2.05, 4.69) is 56.1 Å². The Kier molecular flexibility index (Phi) is 6.10. The summed E-state index contributed by atoms with van der Waals surface area (Å²) in [7, 11) is 0. The van der Waals surface area contributed by atoms with E-state index in [0.717, 1.165) is 12.8 Å². The normalized spacial score (nSPS) is 22.4. The molecule has 2 rings (SSSR count). The lowest BCUT2D eigenvalue weighted by Crippen LogP contribution is -2.31. The summed E-state index contributed by atoms with van der Waals surface area (Å²) in [6, 6.07) is 7.27. The van der Waals surface area contributed by atoms with Crippen LogP contribution < -0.4 is 5.32 Å². The molecule has 0 aromatic heterocycles. The summed E-state index contributed by atoms with van der Waals surface area (Å²) in [6.45, 7) is 8.32. The summed E-state index contributed by atoms with van der Waals surface area (Å²) < 4.78 is 0. The summed E-state index contributed by atoms with van der Waals surface area (Å²) in [5.41, 5.74) is 3.90. The van der Waals surface area contributed by atoms with E-state index in [1.807, 2.05) is 6.08 Å². The van der Waals surface area contributed by atoms with Crippen LogP contribution in [-0.4, -0.2) is 6.04 Å². The van der Waals surface area contributed by atoms with Crippen molar-refractivity contribution in [2.75, 3.05) is 5.32 Å². The number of allylic oxidation sites excluding steroid dienone is 1. The standard InChI is InChI=1S/C20H29N/c1-4-7-10-18-11-8-9-12-20(18)21-19-14-13-16(5-2)17(6-3)15-19/h5,7,10,13-15,18,20-21H,2,4,6,8-9,11-12H2,1,3H3/b10-7-. The van der Waals surface area contributed by atoms with Crippen molar-refractivity contribution in [1.82, 2.24) is 0 Å². The van der Waals surface area contributed by atoms with Crippen LogP contribution >= 0.6 is 0 Å². The zero-order chi connectivity index (χ0) is 15.1. The van der Waals surface area contributed by atoms with Gasteiger partial charge in [0, 0.05) is 11.7 Å². The molecular weight excluding hydrogens is 254 g/mol. The summed E-state index contributed by atoms with van der Waals surface area (Å²) >= 11 is 0. The number of anilines is 1. The van der Waals surface area contributed by atoms with Crippen LogP contribution in [0.4, 0.5) is 5.69 Å². The second-order valence-corrected chi connectivity index (χ2v) is 6.01. The van der Waals surface area contributed by atoms with Gasteiger partial charge in [0.05, 0.1) is 0 Å². The maximum Gasteiger partial charge on any atom is 0.0345 e. The molecule has 0 saturated heterocycles. The predicted octanol–water partition coefficient (Wildman–Crippen LogP) is 5.83. The first-order valence-corrected chi connectivity index (χ1v) is 8.47. The van der Waals surface area contributed by atoms with Crippen LogP contribution in [0, 0.1) is 5.92 Å². The van der Waals surface area contributed by atoms with Crippen molar-refractivity contribution >= 4 is 11.8 Å². The molecule has 2 unspecified atom stereocenters. The van der Waals surface area contributed by atoms with Crippen LogP contribution in [0.1, 0.15) is 57.1 Å². The van der Waals surface area contributed by atoms with E-state index < -0.39 is 0 Å². The monoisotopic (exact) mass is 283 g/mol. The molecule has 1 aliphatic carbocycles. The molecule has 114 valence electrons. The highest BCUT2D eigenvalue weighted by Gasteiger charge is 2.22. The molecule has 1 aromatic rings. The maximum absolute atomic E-state index is 3.90. The smallest absolute Gasteiger partial charge is 0.0345 e. The molecule has 1 saturated carbocycles. The molecule has 1 aromatic carbocycles. The van der Waals surface area contributed by atoms with Gasteiger partial charge in [0.15, 0.2) is 0 Å². The van der Waals surface area contributed by atoms with Gasteiger partial charge in [0.2, 0.25) is 0 Å². The molecule has 0 amide bonds. The van der Waals surface area contributed by atoms with E-state index in [-0.39, 0.29) is 0 Å². The predicted molar refractivity (Wildman–Crippen MR) is 94.7 cm³/mol. The molecule has 1 N–H and O–H groups in total. The fourth-order valence-electron chi connectivity index (χ4n) is 3.29. The van der Waals surface area contributed by atoms with Crippen molar-refractivity contribution in [3.63, 3.8) is 0 Å². The lowest BCUT2D eigenvalue weighted by Gasteiger charge is -2.31. The third-order valence-electron chi connectivity index (χ3n) is 4.53. The van der Waals surface area contributed by atoms with E-state index >= 15 is 0 Å². The van der Waals surface area contributed by atoms with Gasteiger partial charge >= 0.3 is 0 Å². The van der Waals surface area contributed by atoms with Gasteiger partial charge in [-0.3, -0.25) is 0 Å². The molecule has 1 heteroatoms. The van der Waals surface area contributed by atoms with Crippen LogP contribution in [0.2, 0.25) is 0 Å². The van der Waals surface area contributed by atoms with Gasteiger partial charge in [-0.25, -0.2) is 0 Å². The molecule has 1 nitrogen and oxygen atoms in total. The fourth-order valence-corrected chi connectivity index (χ4v) is 3.29. The van der Waals surface area contributed by atoms with Crippen LogP contribution in [0.25, 0.3) is 6.08 Å². The van der Waals surface area contributed by atoms with Gasteiger partial charge < -0.3 is 5.32 Å². The molecule has 0 bridgehead atoms. The first kappa shape index (κ1) is 15.9. The number of hydrogen-bond donors (Lipinski definition) is 1. The Balaban J connectivity index is 2.11. The maximum atomic E-state index is 3.90. The Morgan fingerprint density at radius 1 is 1.24 bits per heavy atom. The van der Waals surface area contributed by atoms with Gasteiger partial charge in [-0.2, -0.15) is 0 Å². The minimum Gasteiger partial charge on any atom is -0.382 e. The van der Waals surface area contributed by atoms with Crippen molar-refractivity contribution in [3.8, 4) is 0 Å². The Hall–Kier alpha value is -1.50. The lowest BCUT2D eigenvalue weighted by atomic mass is 9.84. The van der Waals surface area contributed by atoms with E-state index in [1.54, 1.807) is 0 Å². The SMILES string of the molecule is C=Cc1ccc(NC2CCCCC2/C=C\CC)cc1CC. The Labute approximate surface area is 130 Å². The molecule has 0 spiro atoms. The third-order valence-corrected chi connectivity index (χ3v) is 4.53. The minimum atomic E-state index is 0.584. The zero-order valence-corrected chi connectivity index (χ0v) is 13.6. The number of benzene rings is 1. The van der Waals surface area contributed by atoms with Gasteiger partial charge in [0.1, 0.15) is 0 Å². The van der Waals surface area contributed by atoms with Gasteiger partial charge in [0.25, 0.3) is 0 Å². The summed E-state index contributed by atoms with van der Waals surface area (Å²) in [6.07, 6.45) is 14.2. The highest BCUT2D eigenvalue weighted by molar-refractivity contribution is 5.59. The number of hydrogen-bond acceptors (Lipinski definition) is 1. The molecular formula is C20H29N. The average molecular weight is 283 g/mol.